The molecule has 1 unspecified atom stereocenters. The number of nitrogens with zero attached hydrogens (tertiary/aromatic N) is 3. The number of hydrogen-bond acceptors (Lipinski definition) is 4. The predicted octanol–water partition coefficient (Wildman–Crippen LogP) is 2.63. The number of hydrogen-bond donors (Lipinski definition) is 1. The minimum atomic E-state index is -0.290. The molecule has 0 aliphatic rings. The Morgan fingerprint density at radius 1 is 1.36 bits per heavy atom. The van der Waals surface area contributed by atoms with Crippen LogP contribution in [0.25, 0.3) is 11.4 Å². The van der Waals surface area contributed by atoms with E-state index in [1.54, 1.807) is 16.7 Å². The number of aromatic nitrogens is 3. The highest BCUT2D eigenvalue weighted by atomic mass is 32.2. The molecule has 0 saturated heterocycles. The molecule has 1 aromatic heterocycles. The van der Waals surface area contributed by atoms with Crippen molar-refractivity contribution >= 4 is 17.7 Å². The van der Waals surface area contributed by atoms with Crippen molar-refractivity contribution in [3.63, 3.8) is 0 Å². The zero-order valence-electron chi connectivity index (χ0n) is 12.8. The van der Waals surface area contributed by atoms with E-state index in [0.29, 0.717) is 16.7 Å². The second kappa shape index (κ2) is 7.40. The summed E-state index contributed by atoms with van der Waals surface area (Å²) >= 11 is 1.33. The molecule has 1 amide bonds. The van der Waals surface area contributed by atoms with Gasteiger partial charge in [0.2, 0.25) is 5.91 Å². The van der Waals surface area contributed by atoms with E-state index in [0.717, 1.165) is 12.0 Å². The zero-order chi connectivity index (χ0) is 16.1. The summed E-state index contributed by atoms with van der Waals surface area (Å²) in [5.74, 6) is 0.623. The summed E-state index contributed by atoms with van der Waals surface area (Å²) in [5.41, 5.74) is 0.785. The van der Waals surface area contributed by atoms with Crippen molar-refractivity contribution in [2.75, 3.05) is 5.75 Å². The van der Waals surface area contributed by atoms with E-state index in [1.807, 2.05) is 20.9 Å². The molecule has 5 nitrogen and oxygen atoms in total. The first-order valence-electron chi connectivity index (χ1n) is 7.08. The topological polar surface area (TPSA) is 59.8 Å². The Kier molecular flexibility index (Phi) is 5.54. The predicted molar refractivity (Wildman–Crippen MR) is 85.0 cm³/mol. The second-order valence-electron chi connectivity index (χ2n) is 5.04. The molecule has 2 aromatic rings. The molecule has 7 heteroatoms. The summed E-state index contributed by atoms with van der Waals surface area (Å²) in [7, 11) is 1.83. The van der Waals surface area contributed by atoms with Gasteiger partial charge in [0.25, 0.3) is 0 Å². The SMILES string of the molecule is CCC(C)NC(=O)CSc1nnc(-c2ccc(F)cc2)n1C. The van der Waals surface area contributed by atoms with Crippen LogP contribution in [0.2, 0.25) is 0 Å². The normalized spacial score (nSPS) is 12.2. The molecule has 0 aliphatic heterocycles. The van der Waals surface area contributed by atoms with Crippen LogP contribution in [0.1, 0.15) is 20.3 Å². The van der Waals surface area contributed by atoms with Gasteiger partial charge in [-0.1, -0.05) is 18.7 Å². The maximum atomic E-state index is 13.0. The number of carbonyl (C=O) groups excluding carboxylic acids is 1. The number of thioether (sulfide) groups is 1. The third-order valence-electron chi connectivity index (χ3n) is 3.29. The minimum absolute atomic E-state index is 0.0225. The summed E-state index contributed by atoms with van der Waals surface area (Å²) in [6, 6.07) is 6.25. The van der Waals surface area contributed by atoms with E-state index in [1.165, 1.54) is 23.9 Å². The summed E-state index contributed by atoms with van der Waals surface area (Å²) in [4.78, 5) is 11.8. The van der Waals surface area contributed by atoms with E-state index in [2.05, 4.69) is 15.5 Å². The summed E-state index contributed by atoms with van der Waals surface area (Å²) in [6.45, 7) is 3.99. The first-order valence-corrected chi connectivity index (χ1v) is 8.07. The largest absolute Gasteiger partial charge is 0.353 e. The lowest BCUT2D eigenvalue weighted by Gasteiger charge is -2.10. The summed E-state index contributed by atoms with van der Waals surface area (Å²) in [6.07, 6.45) is 0.898. The minimum Gasteiger partial charge on any atom is -0.353 e. The van der Waals surface area contributed by atoms with Gasteiger partial charge in [0, 0.05) is 18.7 Å². The fraction of sp³-hybridized carbons (Fsp3) is 0.400. The molecule has 2 rings (SSSR count). The standard InChI is InChI=1S/C15H19FN4OS/c1-4-10(2)17-13(21)9-22-15-19-18-14(20(15)3)11-5-7-12(16)8-6-11/h5-8,10H,4,9H2,1-3H3,(H,17,21). The van der Waals surface area contributed by atoms with Crippen molar-refractivity contribution < 1.29 is 9.18 Å². The van der Waals surface area contributed by atoms with Crippen LogP contribution >= 0.6 is 11.8 Å². The molecule has 0 radical (unpaired) electrons. The van der Waals surface area contributed by atoms with Crippen LogP contribution in [0.15, 0.2) is 29.4 Å². The van der Waals surface area contributed by atoms with Gasteiger partial charge >= 0.3 is 0 Å². The molecule has 0 saturated carbocycles. The maximum absolute atomic E-state index is 13.0. The number of amides is 1. The van der Waals surface area contributed by atoms with Crippen LogP contribution in [-0.2, 0) is 11.8 Å². The number of carbonyl (C=O) groups is 1. The molecule has 0 aliphatic carbocycles. The first-order chi connectivity index (χ1) is 10.5. The lowest BCUT2D eigenvalue weighted by molar-refractivity contribution is -0.119. The molecule has 1 atom stereocenters. The Bertz CT molecular complexity index is 641. The number of rotatable bonds is 6. The van der Waals surface area contributed by atoms with Gasteiger partial charge in [0.1, 0.15) is 5.82 Å². The van der Waals surface area contributed by atoms with Gasteiger partial charge in [0.15, 0.2) is 11.0 Å². The maximum Gasteiger partial charge on any atom is 0.230 e. The molecule has 1 aromatic carbocycles. The van der Waals surface area contributed by atoms with Crippen LogP contribution in [0.5, 0.6) is 0 Å². The monoisotopic (exact) mass is 322 g/mol. The molecular weight excluding hydrogens is 303 g/mol. The highest BCUT2D eigenvalue weighted by molar-refractivity contribution is 7.99. The van der Waals surface area contributed by atoms with Gasteiger partial charge in [-0.3, -0.25) is 4.79 Å². The Balaban J connectivity index is 2.02. The van der Waals surface area contributed by atoms with Crippen LogP contribution < -0.4 is 5.32 Å². The van der Waals surface area contributed by atoms with Crippen LogP contribution in [0, 0.1) is 5.82 Å². The third-order valence-corrected chi connectivity index (χ3v) is 4.31. The Morgan fingerprint density at radius 2 is 2.05 bits per heavy atom. The summed E-state index contributed by atoms with van der Waals surface area (Å²) in [5, 5.41) is 11.8. The highest BCUT2D eigenvalue weighted by Crippen LogP contribution is 2.22. The van der Waals surface area contributed by atoms with Gasteiger partial charge in [-0.05, 0) is 37.6 Å². The molecular formula is C15H19FN4OS. The molecule has 0 bridgehead atoms. The van der Waals surface area contributed by atoms with E-state index in [9.17, 15) is 9.18 Å². The van der Waals surface area contributed by atoms with Gasteiger partial charge in [-0.15, -0.1) is 10.2 Å². The van der Waals surface area contributed by atoms with Crippen molar-refractivity contribution in [3.05, 3.63) is 30.1 Å². The second-order valence-corrected chi connectivity index (χ2v) is 5.98. The lowest BCUT2D eigenvalue weighted by Crippen LogP contribution is -2.33. The molecule has 0 spiro atoms. The number of nitrogens with one attached hydrogen (secondary N) is 1. The third kappa shape index (κ3) is 4.07. The van der Waals surface area contributed by atoms with Crippen molar-refractivity contribution in [3.8, 4) is 11.4 Å². The number of halogens is 1. The van der Waals surface area contributed by atoms with Gasteiger partial charge in [0.05, 0.1) is 5.75 Å². The van der Waals surface area contributed by atoms with Crippen molar-refractivity contribution in [1.29, 1.82) is 0 Å². The number of benzene rings is 1. The molecule has 118 valence electrons. The Labute approximate surface area is 133 Å². The smallest absolute Gasteiger partial charge is 0.230 e. The van der Waals surface area contributed by atoms with Crippen molar-refractivity contribution in [1.82, 2.24) is 20.1 Å². The van der Waals surface area contributed by atoms with E-state index in [-0.39, 0.29) is 17.8 Å². The molecule has 22 heavy (non-hydrogen) atoms. The Morgan fingerprint density at radius 3 is 2.68 bits per heavy atom. The zero-order valence-corrected chi connectivity index (χ0v) is 13.7. The Hall–Kier alpha value is -1.89. The average Bonchev–Trinajstić information content (AvgIpc) is 2.87. The first kappa shape index (κ1) is 16.5. The van der Waals surface area contributed by atoms with Gasteiger partial charge < -0.3 is 9.88 Å². The van der Waals surface area contributed by atoms with Crippen LogP contribution in [-0.4, -0.2) is 32.5 Å². The van der Waals surface area contributed by atoms with Crippen molar-refractivity contribution in [2.24, 2.45) is 7.05 Å². The van der Waals surface area contributed by atoms with Gasteiger partial charge in [-0.25, -0.2) is 4.39 Å². The lowest BCUT2D eigenvalue weighted by atomic mass is 10.2. The van der Waals surface area contributed by atoms with Crippen LogP contribution in [0.4, 0.5) is 4.39 Å². The highest BCUT2D eigenvalue weighted by Gasteiger charge is 2.13. The van der Waals surface area contributed by atoms with E-state index >= 15 is 0 Å². The van der Waals surface area contributed by atoms with Crippen molar-refractivity contribution in [2.45, 2.75) is 31.5 Å². The molecule has 1 heterocycles. The average molecular weight is 322 g/mol. The summed E-state index contributed by atoms with van der Waals surface area (Å²) < 4.78 is 14.8. The van der Waals surface area contributed by atoms with Gasteiger partial charge in [-0.2, -0.15) is 0 Å². The fourth-order valence-corrected chi connectivity index (χ4v) is 2.56. The van der Waals surface area contributed by atoms with Crippen LogP contribution in [0.3, 0.4) is 0 Å². The van der Waals surface area contributed by atoms with E-state index in [4.69, 9.17) is 0 Å². The molecule has 1 N–H and O–H groups in total. The molecule has 0 fully saturated rings. The van der Waals surface area contributed by atoms with E-state index < -0.39 is 0 Å². The quantitative estimate of drug-likeness (QED) is 0.831. The fourth-order valence-electron chi connectivity index (χ4n) is 1.84.